The summed E-state index contributed by atoms with van der Waals surface area (Å²) in [7, 11) is 1.53. The first-order valence-electron chi connectivity index (χ1n) is 9.85. The van der Waals surface area contributed by atoms with Crippen LogP contribution >= 0.6 is 0 Å². The summed E-state index contributed by atoms with van der Waals surface area (Å²) in [6.45, 7) is 3.09. The van der Waals surface area contributed by atoms with Gasteiger partial charge < -0.3 is 19.7 Å². The summed E-state index contributed by atoms with van der Waals surface area (Å²) < 4.78 is 11.5. The summed E-state index contributed by atoms with van der Waals surface area (Å²) in [4.78, 5) is 22.9. The zero-order valence-electron chi connectivity index (χ0n) is 17.2. The Hall–Kier alpha value is -2.75. The lowest BCUT2D eigenvalue weighted by Gasteiger charge is -2.33. The Morgan fingerprint density at radius 2 is 1.86 bits per heavy atom. The molecular weight excluding hydrogens is 374 g/mol. The molecule has 1 aromatic carbocycles. The average Bonchev–Trinajstić information content (AvgIpc) is 3.18. The van der Waals surface area contributed by atoms with Crippen molar-refractivity contribution in [1.29, 1.82) is 5.26 Å². The van der Waals surface area contributed by atoms with E-state index in [2.05, 4.69) is 6.07 Å². The van der Waals surface area contributed by atoms with Gasteiger partial charge in [0.05, 0.1) is 30.1 Å². The molecule has 7 heteroatoms. The molecule has 1 saturated carbocycles. The fraction of sp³-hybridized carbons (Fsp3) is 0.591. The monoisotopic (exact) mass is 403 g/mol. The van der Waals surface area contributed by atoms with Crippen LogP contribution in [0.4, 0.5) is 0 Å². The molecule has 2 N–H and O–H groups in total. The van der Waals surface area contributed by atoms with Gasteiger partial charge in [0.2, 0.25) is 0 Å². The van der Waals surface area contributed by atoms with Gasteiger partial charge in [-0.25, -0.2) is 0 Å². The number of nitrogens with zero attached hydrogens (tertiary/aromatic N) is 1. The van der Waals surface area contributed by atoms with Gasteiger partial charge in [-0.1, -0.05) is 6.07 Å². The SMILES string of the molecule is COc1ccc(C(C#N)(CCC(=O)O)CC(C)(C)C(=O)O)cc1OC1CCCC1. The Bertz CT molecular complexity index is 791. The van der Waals surface area contributed by atoms with E-state index in [0.29, 0.717) is 17.1 Å². The molecule has 1 aliphatic carbocycles. The third kappa shape index (κ3) is 5.41. The van der Waals surface area contributed by atoms with Gasteiger partial charge in [-0.3, -0.25) is 9.59 Å². The molecule has 7 nitrogen and oxygen atoms in total. The predicted molar refractivity (Wildman–Crippen MR) is 106 cm³/mol. The van der Waals surface area contributed by atoms with Crippen LogP contribution in [0.25, 0.3) is 0 Å². The van der Waals surface area contributed by atoms with E-state index in [1.165, 1.54) is 7.11 Å². The molecule has 0 amide bonds. The summed E-state index contributed by atoms with van der Waals surface area (Å²) in [5, 5.41) is 28.8. The predicted octanol–water partition coefficient (Wildman–Crippen LogP) is 4.14. The van der Waals surface area contributed by atoms with Crippen LogP contribution in [0.1, 0.15) is 64.4 Å². The minimum absolute atomic E-state index is 0.00470. The second kappa shape index (κ2) is 9.17. The summed E-state index contributed by atoms with van der Waals surface area (Å²) in [6.07, 6.45) is 3.90. The third-order valence-corrected chi connectivity index (χ3v) is 5.61. The Labute approximate surface area is 171 Å². The molecule has 0 aliphatic heterocycles. The van der Waals surface area contributed by atoms with Gasteiger partial charge in [0.25, 0.3) is 0 Å². The highest BCUT2D eigenvalue weighted by atomic mass is 16.5. The second-order valence-corrected chi connectivity index (χ2v) is 8.34. The van der Waals surface area contributed by atoms with Gasteiger partial charge in [-0.15, -0.1) is 0 Å². The Balaban J connectivity index is 2.49. The number of hydrogen-bond donors (Lipinski definition) is 2. The molecule has 2 rings (SSSR count). The minimum Gasteiger partial charge on any atom is -0.493 e. The minimum atomic E-state index is -1.28. The number of benzene rings is 1. The van der Waals surface area contributed by atoms with Crippen molar-refractivity contribution in [2.75, 3.05) is 7.11 Å². The van der Waals surface area contributed by atoms with E-state index >= 15 is 0 Å². The summed E-state index contributed by atoms with van der Waals surface area (Å²) in [5.41, 5.74) is -1.94. The molecule has 0 aromatic heterocycles. The number of ether oxygens (including phenoxy) is 2. The standard InChI is InChI=1S/C22H29NO6/c1-21(2,20(26)27)13-22(14-23,11-10-19(24)25)15-8-9-17(28-3)18(12-15)29-16-6-4-5-7-16/h8-9,12,16H,4-7,10-11,13H2,1-3H3,(H,24,25)(H,26,27). The smallest absolute Gasteiger partial charge is 0.309 e. The maximum atomic E-state index is 11.7. The Kier molecular flexibility index (Phi) is 7.12. The molecule has 1 unspecified atom stereocenters. The topological polar surface area (TPSA) is 117 Å². The lowest BCUT2D eigenvalue weighted by Crippen LogP contribution is -2.36. The lowest BCUT2D eigenvalue weighted by atomic mass is 9.67. The van der Waals surface area contributed by atoms with Crippen LogP contribution in [0.5, 0.6) is 11.5 Å². The van der Waals surface area contributed by atoms with Crippen molar-refractivity contribution in [3.8, 4) is 17.6 Å². The van der Waals surface area contributed by atoms with Gasteiger partial charge in [0.15, 0.2) is 11.5 Å². The van der Waals surface area contributed by atoms with E-state index in [9.17, 15) is 25.1 Å². The molecular formula is C22H29NO6. The second-order valence-electron chi connectivity index (χ2n) is 8.34. The van der Waals surface area contributed by atoms with Crippen molar-refractivity contribution in [2.45, 2.75) is 70.3 Å². The fourth-order valence-corrected chi connectivity index (χ4v) is 3.90. The van der Waals surface area contributed by atoms with Crippen molar-refractivity contribution >= 4 is 11.9 Å². The number of rotatable bonds is 10. The number of carbonyl (C=O) groups is 2. The highest BCUT2D eigenvalue weighted by molar-refractivity contribution is 5.74. The van der Waals surface area contributed by atoms with E-state index in [0.717, 1.165) is 25.7 Å². The molecule has 0 heterocycles. The van der Waals surface area contributed by atoms with Crippen LogP contribution in [0.3, 0.4) is 0 Å². The van der Waals surface area contributed by atoms with Gasteiger partial charge >= 0.3 is 11.9 Å². The number of nitriles is 1. The summed E-state index contributed by atoms with van der Waals surface area (Å²) >= 11 is 0. The number of methoxy groups -OCH3 is 1. The van der Waals surface area contributed by atoms with Crippen LogP contribution in [0.2, 0.25) is 0 Å². The first-order valence-corrected chi connectivity index (χ1v) is 9.85. The Morgan fingerprint density at radius 1 is 1.21 bits per heavy atom. The van der Waals surface area contributed by atoms with Crippen molar-refractivity contribution in [2.24, 2.45) is 5.41 Å². The molecule has 1 aromatic rings. The molecule has 1 fully saturated rings. The van der Waals surface area contributed by atoms with Crippen molar-refractivity contribution in [3.63, 3.8) is 0 Å². The molecule has 1 aliphatic rings. The maximum absolute atomic E-state index is 11.7. The Morgan fingerprint density at radius 3 is 2.38 bits per heavy atom. The highest BCUT2D eigenvalue weighted by Crippen LogP contribution is 2.43. The van der Waals surface area contributed by atoms with E-state index in [1.54, 1.807) is 32.0 Å². The largest absolute Gasteiger partial charge is 0.493 e. The van der Waals surface area contributed by atoms with Crippen LogP contribution in [0.15, 0.2) is 18.2 Å². The number of aliphatic carboxylic acids is 2. The molecule has 0 bridgehead atoms. The zero-order valence-corrected chi connectivity index (χ0v) is 17.2. The average molecular weight is 403 g/mol. The van der Waals surface area contributed by atoms with Crippen LogP contribution in [0, 0.1) is 16.7 Å². The van der Waals surface area contributed by atoms with Crippen LogP contribution < -0.4 is 9.47 Å². The lowest BCUT2D eigenvalue weighted by molar-refractivity contribution is -0.147. The van der Waals surface area contributed by atoms with Crippen molar-refractivity contribution < 1.29 is 29.3 Å². The normalized spacial score (nSPS) is 16.6. The van der Waals surface area contributed by atoms with Gasteiger partial charge in [-0.05, 0) is 70.1 Å². The fourth-order valence-electron chi connectivity index (χ4n) is 3.90. The maximum Gasteiger partial charge on any atom is 0.309 e. The molecule has 29 heavy (non-hydrogen) atoms. The molecule has 158 valence electrons. The molecule has 0 spiro atoms. The van der Waals surface area contributed by atoms with E-state index in [1.807, 2.05) is 0 Å². The number of hydrogen-bond acceptors (Lipinski definition) is 5. The van der Waals surface area contributed by atoms with Crippen molar-refractivity contribution in [1.82, 2.24) is 0 Å². The van der Waals surface area contributed by atoms with Gasteiger partial charge in [0.1, 0.15) is 0 Å². The van der Waals surface area contributed by atoms with Crippen molar-refractivity contribution in [3.05, 3.63) is 23.8 Å². The first-order chi connectivity index (χ1) is 13.6. The highest BCUT2D eigenvalue weighted by Gasteiger charge is 2.42. The summed E-state index contributed by atoms with van der Waals surface area (Å²) in [5.74, 6) is -1.04. The first kappa shape index (κ1) is 22.5. The summed E-state index contributed by atoms with van der Waals surface area (Å²) in [6, 6.07) is 7.33. The molecule has 1 atom stereocenters. The quantitative estimate of drug-likeness (QED) is 0.603. The number of carboxylic acids is 2. The van der Waals surface area contributed by atoms with Crippen LogP contribution in [-0.4, -0.2) is 35.4 Å². The third-order valence-electron chi connectivity index (χ3n) is 5.61. The van der Waals surface area contributed by atoms with E-state index < -0.39 is 22.8 Å². The molecule has 0 radical (unpaired) electrons. The van der Waals surface area contributed by atoms with E-state index in [4.69, 9.17) is 9.47 Å². The number of carboxylic acid groups (broad SMARTS) is 2. The van der Waals surface area contributed by atoms with E-state index in [-0.39, 0.29) is 25.4 Å². The van der Waals surface area contributed by atoms with Gasteiger partial charge in [0, 0.05) is 6.42 Å². The zero-order chi connectivity index (χ0) is 21.7. The van der Waals surface area contributed by atoms with Crippen LogP contribution in [-0.2, 0) is 15.0 Å². The molecule has 0 saturated heterocycles. The van der Waals surface area contributed by atoms with Gasteiger partial charge in [-0.2, -0.15) is 5.26 Å².